The Morgan fingerprint density at radius 3 is 2.63 bits per heavy atom. The molecule has 0 saturated carbocycles. The summed E-state index contributed by atoms with van der Waals surface area (Å²) in [5.41, 5.74) is 0.585. The molecule has 0 radical (unpaired) electrons. The number of aryl methyl sites for hydroxylation is 1. The van der Waals surface area contributed by atoms with Gasteiger partial charge >= 0.3 is 5.69 Å². The van der Waals surface area contributed by atoms with Crippen LogP contribution in [0.25, 0.3) is 11.0 Å². The van der Waals surface area contributed by atoms with E-state index in [1.807, 2.05) is 45.0 Å². The Morgan fingerprint density at radius 2 is 1.97 bits per heavy atom. The minimum Gasteiger partial charge on any atom is -0.491 e. The molecule has 2 aromatic heterocycles. The van der Waals surface area contributed by atoms with Crippen LogP contribution in [0.3, 0.4) is 0 Å². The molecule has 0 aliphatic heterocycles. The topological polar surface area (TPSA) is 106 Å². The van der Waals surface area contributed by atoms with Crippen molar-refractivity contribution in [1.82, 2.24) is 19.9 Å². The lowest BCUT2D eigenvalue weighted by Gasteiger charge is -2.11. The van der Waals surface area contributed by atoms with Gasteiger partial charge in [0.25, 0.3) is 11.5 Å². The maximum absolute atomic E-state index is 12.5. The van der Waals surface area contributed by atoms with E-state index in [1.165, 1.54) is 16.8 Å². The number of fused-ring (bicyclic) bond motifs is 1. The van der Waals surface area contributed by atoms with Crippen molar-refractivity contribution in [3.8, 4) is 5.75 Å². The average molecular weight is 410 g/mol. The SMILES string of the molecule is CCCn1c(=O)[nH]c(=O)c2cc(C(=O)NCCc3ccc(OC(C)C)cc3)cnc21. The normalized spacial score (nSPS) is 11.1. The second kappa shape index (κ2) is 9.39. The molecule has 0 spiro atoms. The Hall–Kier alpha value is -3.42. The van der Waals surface area contributed by atoms with Crippen molar-refractivity contribution in [2.75, 3.05) is 6.54 Å². The molecule has 0 fully saturated rings. The predicted molar refractivity (Wildman–Crippen MR) is 115 cm³/mol. The minimum absolute atomic E-state index is 0.120. The second-order valence-corrected chi connectivity index (χ2v) is 7.32. The van der Waals surface area contributed by atoms with Gasteiger partial charge in [-0.2, -0.15) is 0 Å². The Balaban J connectivity index is 1.68. The van der Waals surface area contributed by atoms with Crippen molar-refractivity contribution in [3.63, 3.8) is 0 Å². The maximum atomic E-state index is 12.5. The lowest BCUT2D eigenvalue weighted by molar-refractivity contribution is 0.0954. The number of H-pyrrole nitrogens is 1. The number of hydrogen-bond acceptors (Lipinski definition) is 5. The summed E-state index contributed by atoms with van der Waals surface area (Å²) in [5, 5.41) is 3.06. The number of carbonyl (C=O) groups is 1. The number of hydrogen-bond donors (Lipinski definition) is 2. The molecule has 0 atom stereocenters. The van der Waals surface area contributed by atoms with Gasteiger partial charge in [-0.1, -0.05) is 19.1 Å². The fourth-order valence-electron chi connectivity index (χ4n) is 3.15. The summed E-state index contributed by atoms with van der Waals surface area (Å²) in [4.78, 5) is 43.2. The largest absolute Gasteiger partial charge is 0.491 e. The predicted octanol–water partition coefficient (Wildman–Crippen LogP) is 2.25. The Bertz CT molecular complexity index is 1150. The quantitative estimate of drug-likeness (QED) is 0.592. The van der Waals surface area contributed by atoms with Crippen LogP contribution >= 0.6 is 0 Å². The highest BCUT2D eigenvalue weighted by molar-refractivity contribution is 5.96. The van der Waals surface area contributed by atoms with Gasteiger partial charge in [0, 0.05) is 19.3 Å². The van der Waals surface area contributed by atoms with Gasteiger partial charge in [-0.25, -0.2) is 9.78 Å². The molecule has 0 aliphatic rings. The standard InChI is InChI=1S/C22H26N4O4/c1-4-11-26-19-18(21(28)25-22(26)29)12-16(13-24-19)20(27)23-10-9-15-5-7-17(8-6-15)30-14(2)3/h5-8,12-14H,4,9-11H2,1-3H3,(H,23,27)(H,25,28,29). The molecule has 1 aromatic carbocycles. The Morgan fingerprint density at radius 1 is 1.23 bits per heavy atom. The van der Waals surface area contributed by atoms with E-state index >= 15 is 0 Å². The number of nitrogens with one attached hydrogen (secondary N) is 2. The van der Waals surface area contributed by atoms with Crippen molar-refractivity contribution >= 4 is 16.9 Å². The average Bonchev–Trinajstić information content (AvgIpc) is 2.71. The molecule has 0 aliphatic carbocycles. The van der Waals surface area contributed by atoms with E-state index in [1.54, 1.807) is 0 Å². The van der Waals surface area contributed by atoms with E-state index in [0.29, 0.717) is 19.5 Å². The minimum atomic E-state index is -0.548. The molecule has 3 rings (SSSR count). The summed E-state index contributed by atoms with van der Waals surface area (Å²) >= 11 is 0. The number of nitrogens with zero attached hydrogens (tertiary/aromatic N) is 2. The summed E-state index contributed by atoms with van der Waals surface area (Å²) < 4.78 is 7.03. The van der Waals surface area contributed by atoms with Crippen molar-refractivity contribution in [3.05, 3.63) is 68.5 Å². The zero-order chi connectivity index (χ0) is 21.7. The molecule has 2 N–H and O–H groups in total. The van der Waals surface area contributed by atoms with Crippen LogP contribution in [0.15, 0.2) is 46.1 Å². The second-order valence-electron chi connectivity index (χ2n) is 7.32. The number of pyridine rings is 1. The van der Waals surface area contributed by atoms with Crippen LogP contribution in [0.2, 0.25) is 0 Å². The van der Waals surface area contributed by atoms with Gasteiger partial charge in [-0.15, -0.1) is 0 Å². The summed E-state index contributed by atoms with van der Waals surface area (Å²) in [6.07, 6.45) is 2.89. The monoisotopic (exact) mass is 410 g/mol. The highest BCUT2D eigenvalue weighted by Gasteiger charge is 2.12. The van der Waals surface area contributed by atoms with Crippen molar-refractivity contribution in [2.24, 2.45) is 0 Å². The van der Waals surface area contributed by atoms with Gasteiger partial charge in [0.15, 0.2) is 0 Å². The van der Waals surface area contributed by atoms with Crippen molar-refractivity contribution < 1.29 is 9.53 Å². The van der Waals surface area contributed by atoms with Crippen LogP contribution in [0, 0.1) is 0 Å². The lowest BCUT2D eigenvalue weighted by Crippen LogP contribution is -2.31. The molecular formula is C22H26N4O4. The zero-order valence-electron chi connectivity index (χ0n) is 17.4. The van der Waals surface area contributed by atoms with Crippen LogP contribution in [0.1, 0.15) is 43.1 Å². The summed E-state index contributed by atoms with van der Waals surface area (Å²) in [7, 11) is 0. The van der Waals surface area contributed by atoms with Crippen LogP contribution in [0.4, 0.5) is 0 Å². The van der Waals surface area contributed by atoms with E-state index in [4.69, 9.17) is 4.74 Å². The Labute approximate surface area is 173 Å². The lowest BCUT2D eigenvalue weighted by atomic mass is 10.1. The molecule has 8 nitrogen and oxygen atoms in total. The molecule has 158 valence electrons. The zero-order valence-corrected chi connectivity index (χ0v) is 17.4. The van der Waals surface area contributed by atoms with Gasteiger partial charge in [0.05, 0.1) is 17.1 Å². The summed E-state index contributed by atoms with van der Waals surface area (Å²) in [6.45, 7) is 6.75. The van der Waals surface area contributed by atoms with Gasteiger partial charge in [0.1, 0.15) is 11.4 Å². The van der Waals surface area contributed by atoms with E-state index < -0.39 is 11.2 Å². The fourth-order valence-corrected chi connectivity index (χ4v) is 3.15. The molecule has 3 aromatic rings. The maximum Gasteiger partial charge on any atom is 0.329 e. The number of amides is 1. The molecule has 2 heterocycles. The van der Waals surface area contributed by atoms with Crippen LogP contribution in [0.5, 0.6) is 5.75 Å². The number of rotatable bonds is 8. The molecule has 1 amide bonds. The number of aromatic amines is 1. The highest BCUT2D eigenvalue weighted by Crippen LogP contribution is 2.14. The van der Waals surface area contributed by atoms with Crippen LogP contribution in [-0.2, 0) is 13.0 Å². The smallest absolute Gasteiger partial charge is 0.329 e. The van der Waals surface area contributed by atoms with E-state index in [-0.39, 0.29) is 28.6 Å². The first kappa shape index (κ1) is 21.3. The summed E-state index contributed by atoms with van der Waals surface area (Å²) in [5.74, 6) is 0.489. The fraction of sp³-hybridized carbons (Fsp3) is 0.364. The van der Waals surface area contributed by atoms with Crippen LogP contribution < -0.4 is 21.3 Å². The number of benzene rings is 1. The first-order chi connectivity index (χ1) is 14.4. The van der Waals surface area contributed by atoms with E-state index in [0.717, 1.165) is 17.7 Å². The number of carbonyl (C=O) groups excluding carboxylic acids is 1. The highest BCUT2D eigenvalue weighted by atomic mass is 16.5. The number of ether oxygens (including phenoxy) is 1. The first-order valence-electron chi connectivity index (χ1n) is 10.1. The summed E-state index contributed by atoms with van der Waals surface area (Å²) in [6, 6.07) is 9.22. The van der Waals surface area contributed by atoms with Gasteiger partial charge in [0.2, 0.25) is 0 Å². The van der Waals surface area contributed by atoms with Crippen molar-refractivity contribution in [2.45, 2.75) is 46.3 Å². The van der Waals surface area contributed by atoms with Crippen molar-refractivity contribution in [1.29, 1.82) is 0 Å². The van der Waals surface area contributed by atoms with E-state index in [9.17, 15) is 14.4 Å². The molecular weight excluding hydrogens is 384 g/mol. The molecule has 8 heteroatoms. The molecule has 0 bridgehead atoms. The Kier molecular flexibility index (Phi) is 6.66. The third-order valence-corrected chi connectivity index (χ3v) is 4.54. The van der Waals surface area contributed by atoms with E-state index in [2.05, 4.69) is 15.3 Å². The third kappa shape index (κ3) is 4.94. The third-order valence-electron chi connectivity index (χ3n) is 4.54. The first-order valence-corrected chi connectivity index (χ1v) is 10.1. The molecule has 30 heavy (non-hydrogen) atoms. The number of aromatic nitrogens is 3. The molecule has 0 unspecified atom stereocenters. The molecule has 0 saturated heterocycles. The van der Waals surface area contributed by atoms with Gasteiger partial charge < -0.3 is 10.1 Å². The van der Waals surface area contributed by atoms with Gasteiger partial charge in [-0.3, -0.25) is 19.1 Å². The van der Waals surface area contributed by atoms with Crippen LogP contribution in [-0.4, -0.2) is 33.1 Å². The van der Waals surface area contributed by atoms with Gasteiger partial charge in [-0.05, 0) is 50.5 Å².